The molecule has 14 heteroatoms. The summed E-state index contributed by atoms with van der Waals surface area (Å²) in [6.45, 7) is 9.05. The topological polar surface area (TPSA) is 111 Å². The number of rotatable bonds is 4. The zero-order chi connectivity index (χ0) is 33.3. The molecule has 3 amide bonds. The van der Waals surface area contributed by atoms with Crippen molar-refractivity contribution in [1.82, 2.24) is 15.5 Å². The maximum absolute atomic E-state index is 15.8. The number of benzene rings is 2. The number of likely N-dealkylation sites (tertiary alicyclic amines) is 1. The summed E-state index contributed by atoms with van der Waals surface area (Å²) in [6.07, 6.45) is -2.46. The van der Waals surface area contributed by atoms with Gasteiger partial charge in [-0.1, -0.05) is 62.2 Å². The summed E-state index contributed by atoms with van der Waals surface area (Å²) in [5, 5.41) is 17.1. The molecule has 2 aromatic rings. The molecule has 3 aliphatic rings. The molecule has 4 N–H and O–H groups in total. The number of halogens is 6. The van der Waals surface area contributed by atoms with Crippen LogP contribution in [0, 0.1) is 23.1 Å². The third-order valence-corrected chi connectivity index (χ3v) is 9.02. The van der Waals surface area contributed by atoms with E-state index in [9.17, 15) is 22.8 Å². The van der Waals surface area contributed by atoms with E-state index in [0.717, 1.165) is 31.5 Å². The van der Waals surface area contributed by atoms with E-state index in [4.69, 9.17) is 33.1 Å². The van der Waals surface area contributed by atoms with Crippen LogP contribution in [0.2, 0.25) is 10.0 Å². The number of piperidine rings is 1. The maximum Gasteiger partial charge on any atom is 0.490 e. The Morgan fingerprint density at radius 2 is 1.76 bits per heavy atom. The van der Waals surface area contributed by atoms with Gasteiger partial charge in [-0.05, 0) is 73.4 Å². The average molecular weight is 676 g/mol. The van der Waals surface area contributed by atoms with Crippen molar-refractivity contribution in [2.24, 2.45) is 17.3 Å². The standard InChI is InChI=1S/C29H35Cl2FN4O2.C2HF3O2/c1-28(2,3)14-18-16-36(27(38)34-15-17-9-11-33-12-10-17)25(20-5-4-6-22(31)24(20)32)29(18)21-8-7-19(30)13-23(21)35-26(29)37;3-2(4,5)1(6)7/h4-8,13,17-18,25,33H,9-12,14-16H2,1-3H3,(H,34,38)(H,35,37);(H,6,7)/t18-,25-,29+;/m1./s1. The molecule has 3 atom stereocenters. The van der Waals surface area contributed by atoms with E-state index in [1.54, 1.807) is 29.2 Å². The smallest absolute Gasteiger partial charge is 0.475 e. The summed E-state index contributed by atoms with van der Waals surface area (Å²) in [5.41, 5.74) is 0.227. The molecule has 3 aliphatic heterocycles. The highest BCUT2D eigenvalue weighted by Gasteiger charge is 2.65. The highest BCUT2D eigenvalue weighted by molar-refractivity contribution is 6.31. The largest absolute Gasteiger partial charge is 0.490 e. The van der Waals surface area contributed by atoms with Crippen LogP contribution in [0.4, 0.5) is 28.0 Å². The first-order valence-electron chi connectivity index (χ1n) is 14.6. The van der Waals surface area contributed by atoms with Crippen molar-refractivity contribution in [1.29, 1.82) is 0 Å². The molecular weight excluding hydrogens is 639 g/mol. The molecule has 0 unspecified atom stereocenters. The number of hydrogen-bond acceptors (Lipinski definition) is 4. The maximum atomic E-state index is 15.8. The number of urea groups is 1. The Kier molecular flexibility index (Phi) is 10.3. The van der Waals surface area contributed by atoms with Crippen LogP contribution in [0.25, 0.3) is 0 Å². The average Bonchev–Trinajstić information content (AvgIpc) is 3.42. The molecular formula is C31H36Cl2F4N4O4. The van der Waals surface area contributed by atoms with Gasteiger partial charge in [0.1, 0.15) is 11.2 Å². The lowest BCUT2D eigenvalue weighted by Crippen LogP contribution is -2.48. The molecule has 2 saturated heterocycles. The first kappa shape index (κ1) is 34.8. The zero-order valence-corrected chi connectivity index (χ0v) is 26.5. The number of hydrogen-bond donors (Lipinski definition) is 4. The van der Waals surface area contributed by atoms with Crippen molar-refractivity contribution in [3.8, 4) is 0 Å². The van der Waals surface area contributed by atoms with Crippen LogP contribution in [-0.4, -0.2) is 60.3 Å². The molecule has 2 fully saturated rings. The zero-order valence-electron chi connectivity index (χ0n) is 25.0. The van der Waals surface area contributed by atoms with E-state index in [1.165, 1.54) is 6.07 Å². The number of carboxylic acid groups (broad SMARTS) is 1. The first-order chi connectivity index (χ1) is 21.0. The number of carbonyl (C=O) groups is 3. The Hall–Kier alpha value is -3.09. The Bertz CT molecular complexity index is 1450. The highest BCUT2D eigenvalue weighted by atomic mass is 35.5. The number of fused-ring (bicyclic) bond motifs is 2. The van der Waals surface area contributed by atoms with E-state index in [0.29, 0.717) is 36.1 Å². The van der Waals surface area contributed by atoms with Crippen LogP contribution in [0.3, 0.4) is 0 Å². The van der Waals surface area contributed by atoms with Crippen LogP contribution in [0.5, 0.6) is 0 Å². The number of nitrogens with zero attached hydrogens (tertiary/aromatic N) is 1. The van der Waals surface area contributed by atoms with Gasteiger partial charge in [-0.2, -0.15) is 13.2 Å². The van der Waals surface area contributed by atoms with Crippen molar-refractivity contribution in [3.05, 3.63) is 63.4 Å². The summed E-state index contributed by atoms with van der Waals surface area (Å²) >= 11 is 12.6. The van der Waals surface area contributed by atoms with Crippen molar-refractivity contribution in [2.75, 3.05) is 31.5 Å². The van der Waals surface area contributed by atoms with E-state index in [1.807, 2.05) is 6.07 Å². The predicted molar refractivity (Wildman–Crippen MR) is 163 cm³/mol. The lowest BCUT2D eigenvalue weighted by atomic mass is 9.63. The van der Waals surface area contributed by atoms with Gasteiger partial charge < -0.3 is 26.0 Å². The van der Waals surface area contributed by atoms with Gasteiger partial charge in [-0.15, -0.1) is 0 Å². The molecule has 0 aliphatic carbocycles. The van der Waals surface area contributed by atoms with E-state index >= 15 is 4.39 Å². The SMILES string of the molecule is CC(C)(C)C[C@@H]1CN(C(=O)NCC2CCNCC2)[C@H](c2cccc(Cl)c2F)[C@]12C(=O)Nc1cc(Cl)ccc12.O=C(O)C(F)(F)F. The fourth-order valence-corrected chi connectivity index (χ4v) is 7.04. The van der Waals surface area contributed by atoms with E-state index in [-0.39, 0.29) is 33.9 Å². The predicted octanol–water partition coefficient (Wildman–Crippen LogP) is 6.77. The van der Waals surface area contributed by atoms with E-state index in [2.05, 4.69) is 36.7 Å². The molecule has 2 aromatic carbocycles. The number of anilines is 1. The van der Waals surface area contributed by atoms with Gasteiger partial charge in [0, 0.05) is 29.4 Å². The molecule has 0 saturated carbocycles. The molecule has 5 rings (SSSR count). The second-order valence-electron chi connectivity index (χ2n) is 12.9. The molecule has 0 aromatic heterocycles. The second kappa shape index (κ2) is 13.3. The van der Waals surface area contributed by atoms with Crippen LogP contribution in [0.1, 0.15) is 57.2 Å². The summed E-state index contributed by atoms with van der Waals surface area (Å²) in [7, 11) is 0. The van der Waals surface area contributed by atoms with Gasteiger partial charge in [0.25, 0.3) is 0 Å². The summed E-state index contributed by atoms with van der Waals surface area (Å²) in [6, 6.07) is 8.94. The van der Waals surface area contributed by atoms with Crippen molar-refractivity contribution in [3.63, 3.8) is 0 Å². The van der Waals surface area contributed by atoms with E-state index < -0.39 is 29.4 Å². The molecule has 1 spiro atoms. The molecule has 8 nitrogen and oxygen atoms in total. The summed E-state index contributed by atoms with van der Waals surface area (Å²) in [5.74, 6) is -3.50. The minimum Gasteiger partial charge on any atom is -0.475 e. The highest BCUT2D eigenvalue weighted by Crippen LogP contribution is 2.60. The van der Waals surface area contributed by atoms with Crippen LogP contribution in [0.15, 0.2) is 36.4 Å². The molecule has 0 radical (unpaired) electrons. The number of carboxylic acids is 1. The number of amides is 3. The minimum atomic E-state index is -5.08. The Morgan fingerprint density at radius 1 is 1.11 bits per heavy atom. The fourth-order valence-electron chi connectivity index (χ4n) is 6.69. The summed E-state index contributed by atoms with van der Waals surface area (Å²) < 4.78 is 47.5. The third kappa shape index (κ3) is 7.33. The normalized spacial score (nSPS) is 23.3. The van der Waals surface area contributed by atoms with Gasteiger partial charge in [0.15, 0.2) is 0 Å². The monoisotopic (exact) mass is 674 g/mol. The number of alkyl halides is 3. The Morgan fingerprint density at radius 3 is 2.36 bits per heavy atom. The van der Waals surface area contributed by atoms with Crippen LogP contribution in [-0.2, 0) is 15.0 Å². The van der Waals surface area contributed by atoms with Gasteiger partial charge in [-0.3, -0.25) is 4.79 Å². The lowest BCUT2D eigenvalue weighted by Gasteiger charge is -2.38. The molecule has 45 heavy (non-hydrogen) atoms. The first-order valence-corrected chi connectivity index (χ1v) is 15.3. The number of aliphatic carboxylic acids is 1. The van der Waals surface area contributed by atoms with Gasteiger partial charge in [0.05, 0.1) is 11.1 Å². The van der Waals surface area contributed by atoms with Crippen molar-refractivity contribution >= 4 is 46.8 Å². The quantitative estimate of drug-likeness (QED) is 0.268. The number of nitrogens with one attached hydrogen (secondary N) is 3. The van der Waals surface area contributed by atoms with Crippen LogP contribution >= 0.6 is 23.2 Å². The summed E-state index contributed by atoms with van der Waals surface area (Å²) in [4.78, 5) is 38.6. The van der Waals surface area contributed by atoms with Crippen molar-refractivity contribution in [2.45, 2.75) is 57.7 Å². The Labute approximate surface area is 268 Å². The third-order valence-electron chi connectivity index (χ3n) is 8.49. The molecule has 3 heterocycles. The Balaban J connectivity index is 0.000000591. The molecule has 246 valence electrons. The number of carbonyl (C=O) groups excluding carboxylic acids is 2. The molecule has 0 bridgehead atoms. The second-order valence-corrected chi connectivity index (χ2v) is 13.7. The van der Waals surface area contributed by atoms with Crippen molar-refractivity contribution < 1.29 is 37.1 Å². The van der Waals surface area contributed by atoms with Gasteiger partial charge in [-0.25, -0.2) is 14.0 Å². The van der Waals surface area contributed by atoms with Gasteiger partial charge in [0.2, 0.25) is 5.91 Å². The lowest BCUT2D eigenvalue weighted by molar-refractivity contribution is -0.192. The van der Waals surface area contributed by atoms with Gasteiger partial charge >= 0.3 is 18.2 Å². The fraction of sp³-hybridized carbons (Fsp3) is 0.516. The van der Waals surface area contributed by atoms with Crippen LogP contribution < -0.4 is 16.0 Å². The minimum absolute atomic E-state index is 0.0401.